The number of aromatic nitrogens is 3. The summed E-state index contributed by atoms with van der Waals surface area (Å²) in [4.78, 5) is 6.71. The first-order valence-corrected chi connectivity index (χ1v) is 9.01. The molecule has 0 saturated carbocycles. The van der Waals surface area contributed by atoms with Gasteiger partial charge in [0.05, 0.1) is 11.9 Å². The van der Waals surface area contributed by atoms with E-state index in [1.807, 2.05) is 25.1 Å². The van der Waals surface area contributed by atoms with Crippen molar-refractivity contribution < 1.29 is 0 Å². The molecule has 1 fully saturated rings. The minimum Gasteiger partial charge on any atom is -0.338 e. The third kappa shape index (κ3) is 3.96. The predicted molar refractivity (Wildman–Crippen MR) is 106 cm³/mol. The number of aryl methyl sites for hydroxylation is 1. The number of nitrogens with one attached hydrogen (secondary N) is 2. The molecule has 6 heteroatoms. The summed E-state index contributed by atoms with van der Waals surface area (Å²) in [6.07, 6.45) is 4.42. The molecule has 1 aliphatic heterocycles. The summed E-state index contributed by atoms with van der Waals surface area (Å²) in [7, 11) is 0. The van der Waals surface area contributed by atoms with Crippen LogP contribution in [0.5, 0.6) is 0 Å². The Balaban J connectivity index is 1.74. The second kappa shape index (κ2) is 7.74. The fraction of sp³-hybridized carbons (Fsp3) is 0.400. The maximum absolute atomic E-state index is 7.86. The summed E-state index contributed by atoms with van der Waals surface area (Å²) < 4.78 is 0. The zero-order valence-electron chi connectivity index (χ0n) is 15.7. The molecule has 1 saturated heterocycles. The standard InChI is InChI=1S/C20H26N6/c1-5-18(21)15-6-7-17(14(4)10-15)19-11-22-20(25-24-19)26-9-8-16(12-26)23-13(2)3/h5-7,10-11,13,16,21,23H,1,8-9,12H2,2-4H3. The van der Waals surface area contributed by atoms with Crippen LogP contribution in [0.4, 0.5) is 5.95 Å². The molecule has 3 rings (SSSR count). The average molecular weight is 350 g/mol. The number of hydrogen-bond acceptors (Lipinski definition) is 6. The smallest absolute Gasteiger partial charge is 0.245 e. The van der Waals surface area contributed by atoms with Gasteiger partial charge in [-0.25, -0.2) is 4.98 Å². The summed E-state index contributed by atoms with van der Waals surface area (Å²) in [6, 6.07) is 6.80. The van der Waals surface area contributed by atoms with Gasteiger partial charge < -0.3 is 15.6 Å². The molecule has 0 spiro atoms. The van der Waals surface area contributed by atoms with Crippen LogP contribution in [0.25, 0.3) is 11.3 Å². The van der Waals surface area contributed by atoms with E-state index in [0.717, 1.165) is 41.9 Å². The van der Waals surface area contributed by atoms with Crippen LogP contribution >= 0.6 is 0 Å². The first-order valence-electron chi connectivity index (χ1n) is 9.01. The van der Waals surface area contributed by atoms with Crippen molar-refractivity contribution in [3.05, 3.63) is 48.2 Å². The van der Waals surface area contributed by atoms with E-state index in [-0.39, 0.29) is 0 Å². The van der Waals surface area contributed by atoms with Crippen LogP contribution < -0.4 is 10.2 Å². The van der Waals surface area contributed by atoms with Gasteiger partial charge in [-0.15, -0.1) is 10.2 Å². The minimum absolute atomic E-state index is 0.415. The lowest BCUT2D eigenvalue weighted by Gasteiger charge is -2.18. The van der Waals surface area contributed by atoms with Gasteiger partial charge in [-0.05, 0) is 36.6 Å². The van der Waals surface area contributed by atoms with Gasteiger partial charge in [0.15, 0.2) is 0 Å². The first kappa shape index (κ1) is 18.2. The summed E-state index contributed by atoms with van der Waals surface area (Å²) in [5.74, 6) is 0.685. The Labute approximate surface area is 154 Å². The molecule has 1 unspecified atom stereocenters. The van der Waals surface area contributed by atoms with Crippen LogP contribution in [-0.4, -0.2) is 46.1 Å². The topological polar surface area (TPSA) is 77.8 Å². The number of allylic oxidation sites excluding steroid dienone is 1. The van der Waals surface area contributed by atoms with Crippen molar-refractivity contribution in [2.75, 3.05) is 18.0 Å². The highest BCUT2D eigenvalue weighted by Gasteiger charge is 2.24. The van der Waals surface area contributed by atoms with Crippen molar-refractivity contribution >= 4 is 11.7 Å². The van der Waals surface area contributed by atoms with Crippen molar-refractivity contribution in [2.24, 2.45) is 0 Å². The third-order valence-corrected chi connectivity index (χ3v) is 4.61. The van der Waals surface area contributed by atoms with E-state index in [2.05, 4.69) is 45.8 Å². The number of benzene rings is 1. The molecular weight excluding hydrogens is 324 g/mol. The van der Waals surface area contributed by atoms with Crippen LogP contribution in [0, 0.1) is 12.3 Å². The van der Waals surface area contributed by atoms with Gasteiger partial charge in [0, 0.05) is 30.7 Å². The van der Waals surface area contributed by atoms with Gasteiger partial charge in [-0.2, -0.15) is 0 Å². The Kier molecular flexibility index (Phi) is 5.42. The molecule has 2 heterocycles. The Morgan fingerprint density at radius 2 is 2.19 bits per heavy atom. The van der Waals surface area contributed by atoms with Crippen molar-refractivity contribution in [3.63, 3.8) is 0 Å². The first-order chi connectivity index (χ1) is 12.5. The highest BCUT2D eigenvalue weighted by atomic mass is 15.3. The lowest BCUT2D eigenvalue weighted by Crippen LogP contribution is -2.37. The molecule has 26 heavy (non-hydrogen) atoms. The molecule has 136 valence electrons. The zero-order valence-corrected chi connectivity index (χ0v) is 15.7. The van der Waals surface area contributed by atoms with Gasteiger partial charge in [-0.1, -0.05) is 32.6 Å². The molecule has 0 amide bonds. The van der Waals surface area contributed by atoms with Crippen LogP contribution in [0.2, 0.25) is 0 Å². The molecule has 1 aromatic carbocycles. The number of nitrogens with zero attached hydrogens (tertiary/aromatic N) is 4. The third-order valence-electron chi connectivity index (χ3n) is 4.61. The predicted octanol–water partition coefficient (Wildman–Crippen LogP) is 2.98. The molecule has 1 atom stereocenters. The van der Waals surface area contributed by atoms with Gasteiger partial charge in [0.1, 0.15) is 5.69 Å². The van der Waals surface area contributed by atoms with E-state index in [9.17, 15) is 0 Å². The largest absolute Gasteiger partial charge is 0.338 e. The Morgan fingerprint density at radius 3 is 2.81 bits per heavy atom. The highest BCUT2D eigenvalue weighted by Crippen LogP contribution is 2.23. The number of anilines is 1. The molecule has 1 aromatic heterocycles. The van der Waals surface area contributed by atoms with E-state index in [1.165, 1.54) is 0 Å². The van der Waals surface area contributed by atoms with Gasteiger partial charge in [-0.3, -0.25) is 0 Å². The quantitative estimate of drug-likeness (QED) is 0.783. The summed E-state index contributed by atoms with van der Waals surface area (Å²) >= 11 is 0. The van der Waals surface area contributed by atoms with E-state index < -0.39 is 0 Å². The normalized spacial score (nSPS) is 16.9. The van der Waals surface area contributed by atoms with Crippen molar-refractivity contribution in [1.29, 1.82) is 5.41 Å². The Bertz CT molecular complexity index is 796. The number of hydrogen-bond donors (Lipinski definition) is 2. The van der Waals surface area contributed by atoms with Crippen LogP contribution in [-0.2, 0) is 0 Å². The molecule has 0 radical (unpaired) electrons. The minimum atomic E-state index is 0.415. The van der Waals surface area contributed by atoms with Crippen LogP contribution in [0.3, 0.4) is 0 Å². The zero-order chi connectivity index (χ0) is 18.7. The van der Waals surface area contributed by atoms with Crippen molar-refractivity contribution in [3.8, 4) is 11.3 Å². The van der Waals surface area contributed by atoms with E-state index in [1.54, 1.807) is 12.3 Å². The lowest BCUT2D eigenvalue weighted by molar-refractivity contribution is 0.491. The second-order valence-electron chi connectivity index (χ2n) is 7.04. The van der Waals surface area contributed by atoms with Gasteiger partial charge in [0.25, 0.3) is 0 Å². The molecule has 1 aliphatic rings. The maximum Gasteiger partial charge on any atom is 0.245 e. The monoisotopic (exact) mass is 350 g/mol. The molecule has 2 aromatic rings. The average Bonchev–Trinajstić information content (AvgIpc) is 3.09. The van der Waals surface area contributed by atoms with Crippen molar-refractivity contribution in [1.82, 2.24) is 20.5 Å². The molecule has 0 bridgehead atoms. The van der Waals surface area contributed by atoms with E-state index in [4.69, 9.17) is 5.41 Å². The maximum atomic E-state index is 7.86. The molecular formula is C20H26N6. The molecule has 0 aliphatic carbocycles. The second-order valence-corrected chi connectivity index (χ2v) is 7.04. The van der Waals surface area contributed by atoms with Gasteiger partial charge >= 0.3 is 0 Å². The Hall–Kier alpha value is -2.60. The summed E-state index contributed by atoms with van der Waals surface area (Å²) in [5.41, 5.74) is 4.04. The fourth-order valence-electron chi connectivity index (χ4n) is 3.32. The molecule has 6 nitrogen and oxygen atoms in total. The fourth-order valence-corrected chi connectivity index (χ4v) is 3.32. The summed E-state index contributed by atoms with van der Waals surface area (Å²) in [5, 5.41) is 20.2. The van der Waals surface area contributed by atoms with E-state index in [0.29, 0.717) is 23.7 Å². The molecule has 2 N–H and O–H groups in total. The van der Waals surface area contributed by atoms with Crippen LogP contribution in [0.15, 0.2) is 37.1 Å². The van der Waals surface area contributed by atoms with Crippen LogP contribution in [0.1, 0.15) is 31.4 Å². The lowest BCUT2D eigenvalue weighted by atomic mass is 10.0. The van der Waals surface area contributed by atoms with Gasteiger partial charge in [0.2, 0.25) is 5.95 Å². The Morgan fingerprint density at radius 1 is 1.38 bits per heavy atom. The van der Waals surface area contributed by atoms with E-state index >= 15 is 0 Å². The number of rotatable bonds is 6. The highest BCUT2D eigenvalue weighted by molar-refractivity contribution is 6.06. The van der Waals surface area contributed by atoms with Crippen molar-refractivity contribution in [2.45, 2.75) is 39.3 Å². The SMILES string of the molecule is C=CC(=N)c1ccc(-c2cnc(N3CCC(NC(C)C)C3)nn2)c(C)c1. The summed E-state index contributed by atoms with van der Waals surface area (Å²) in [6.45, 7) is 11.9.